The molecule has 18 heavy (non-hydrogen) atoms. The number of para-hydroxylation sites is 1. The molecule has 0 fully saturated rings. The maximum absolute atomic E-state index is 11.3. The summed E-state index contributed by atoms with van der Waals surface area (Å²) in [5.74, 6) is -0.836. The van der Waals surface area contributed by atoms with Gasteiger partial charge in [-0.05, 0) is 39.4 Å². The van der Waals surface area contributed by atoms with Crippen molar-refractivity contribution in [3.63, 3.8) is 0 Å². The van der Waals surface area contributed by atoms with E-state index in [4.69, 9.17) is 0 Å². The molecule has 0 aliphatic rings. The zero-order valence-electron chi connectivity index (χ0n) is 11.5. The van der Waals surface area contributed by atoms with Crippen molar-refractivity contribution in [1.29, 1.82) is 0 Å². The molecule has 1 rings (SSSR count). The van der Waals surface area contributed by atoms with Gasteiger partial charge in [0.15, 0.2) is 0 Å². The van der Waals surface area contributed by atoms with E-state index in [9.17, 15) is 9.90 Å². The van der Waals surface area contributed by atoms with E-state index >= 15 is 0 Å². The fraction of sp³-hybridized carbons (Fsp3) is 0.500. The third-order valence-corrected chi connectivity index (χ3v) is 3.37. The van der Waals surface area contributed by atoms with E-state index in [0.29, 0.717) is 6.54 Å². The van der Waals surface area contributed by atoms with Gasteiger partial charge in [0.05, 0.1) is 0 Å². The Hall–Kier alpha value is -1.55. The summed E-state index contributed by atoms with van der Waals surface area (Å²) < 4.78 is 0. The summed E-state index contributed by atoms with van der Waals surface area (Å²) >= 11 is 0. The zero-order chi connectivity index (χ0) is 13.8. The van der Waals surface area contributed by atoms with Crippen molar-refractivity contribution in [2.75, 3.05) is 25.0 Å². The number of aryl methyl sites for hydroxylation is 1. The second kappa shape index (κ2) is 5.87. The van der Waals surface area contributed by atoms with Crippen LogP contribution in [0.2, 0.25) is 0 Å². The maximum atomic E-state index is 11.3. The number of carbonyl (C=O) groups is 1. The van der Waals surface area contributed by atoms with Crippen molar-refractivity contribution in [3.05, 3.63) is 29.8 Å². The fourth-order valence-corrected chi connectivity index (χ4v) is 1.92. The lowest BCUT2D eigenvalue weighted by molar-refractivity contribution is -0.143. The monoisotopic (exact) mass is 250 g/mol. The molecule has 0 heterocycles. The molecule has 1 aromatic carbocycles. The van der Waals surface area contributed by atoms with Gasteiger partial charge >= 0.3 is 5.97 Å². The first-order valence-corrected chi connectivity index (χ1v) is 6.17. The van der Waals surface area contributed by atoms with Gasteiger partial charge in [0, 0.05) is 18.8 Å². The quantitative estimate of drug-likeness (QED) is 0.809. The number of nitrogens with zero attached hydrogens (tertiary/aromatic N) is 1. The van der Waals surface area contributed by atoms with Crippen molar-refractivity contribution in [2.45, 2.75) is 26.3 Å². The summed E-state index contributed by atoms with van der Waals surface area (Å²) in [5.41, 5.74) is 1.30. The standard InChI is InChI=1S/C14H22N2O2/c1-5-16(10-14(3,15-4)13(17)18)12-9-7-6-8-11(12)2/h6-9,15H,5,10H2,1-4H3,(H,17,18). The summed E-state index contributed by atoms with van der Waals surface area (Å²) in [6.07, 6.45) is 0. The molecule has 0 amide bonds. The van der Waals surface area contributed by atoms with Crippen molar-refractivity contribution in [1.82, 2.24) is 5.32 Å². The number of rotatable bonds is 6. The van der Waals surface area contributed by atoms with Gasteiger partial charge in [-0.2, -0.15) is 0 Å². The van der Waals surface area contributed by atoms with Gasteiger partial charge in [-0.3, -0.25) is 4.79 Å². The number of nitrogens with one attached hydrogen (secondary N) is 1. The molecule has 1 atom stereocenters. The number of hydrogen-bond donors (Lipinski definition) is 2. The van der Waals surface area contributed by atoms with Crippen LogP contribution in [0.15, 0.2) is 24.3 Å². The van der Waals surface area contributed by atoms with Crippen LogP contribution in [0, 0.1) is 6.92 Å². The van der Waals surface area contributed by atoms with Gasteiger partial charge in [-0.1, -0.05) is 18.2 Å². The topological polar surface area (TPSA) is 52.6 Å². The van der Waals surface area contributed by atoms with Crippen LogP contribution in [-0.2, 0) is 4.79 Å². The molecule has 0 radical (unpaired) electrons. The molecule has 0 saturated carbocycles. The van der Waals surface area contributed by atoms with Gasteiger partial charge in [0.25, 0.3) is 0 Å². The number of benzene rings is 1. The molecule has 0 bridgehead atoms. The van der Waals surface area contributed by atoms with Gasteiger partial charge in [0.1, 0.15) is 5.54 Å². The van der Waals surface area contributed by atoms with Crippen LogP contribution in [0.4, 0.5) is 5.69 Å². The zero-order valence-corrected chi connectivity index (χ0v) is 11.5. The van der Waals surface area contributed by atoms with Crippen LogP contribution in [0.5, 0.6) is 0 Å². The van der Waals surface area contributed by atoms with E-state index in [0.717, 1.165) is 17.8 Å². The minimum Gasteiger partial charge on any atom is -0.480 e. The highest BCUT2D eigenvalue weighted by atomic mass is 16.4. The van der Waals surface area contributed by atoms with E-state index < -0.39 is 11.5 Å². The smallest absolute Gasteiger partial charge is 0.325 e. The van der Waals surface area contributed by atoms with Crippen LogP contribution in [-0.4, -0.2) is 36.8 Å². The second-order valence-electron chi connectivity index (χ2n) is 4.69. The Morgan fingerprint density at radius 2 is 2.06 bits per heavy atom. The van der Waals surface area contributed by atoms with E-state index in [-0.39, 0.29) is 0 Å². The molecule has 0 aliphatic heterocycles. The van der Waals surface area contributed by atoms with Crippen LogP contribution in [0.1, 0.15) is 19.4 Å². The maximum Gasteiger partial charge on any atom is 0.325 e. The highest BCUT2D eigenvalue weighted by molar-refractivity contribution is 5.79. The normalized spacial score (nSPS) is 14.0. The number of likely N-dealkylation sites (N-methyl/N-ethyl adjacent to an activating group) is 2. The summed E-state index contributed by atoms with van der Waals surface area (Å²) in [6, 6.07) is 8.02. The lowest BCUT2D eigenvalue weighted by Gasteiger charge is -2.33. The second-order valence-corrected chi connectivity index (χ2v) is 4.69. The Morgan fingerprint density at radius 3 is 2.50 bits per heavy atom. The first kappa shape index (κ1) is 14.5. The number of aliphatic carboxylic acids is 1. The van der Waals surface area contributed by atoms with Crippen molar-refractivity contribution >= 4 is 11.7 Å². The number of anilines is 1. The highest BCUT2D eigenvalue weighted by Crippen LogP contribution is 2.21. The first-order chi connectivity index (χ1) is 8.44. The van der Waals surface area contributed by atoms with Gasteiger partial charge in [-0.15, -0.1) is 0 Å². The van der Waals surface area contributed by atoms with Crippen molar-refractivity contribution < 1.29 is 9.90 Å². The molecule has 4 heteroatoms. The number of carboxylic acids is 1. The largest absolute Gasteiger partial charge is 0.480 e. The Kier molecular flexibility index (Phi) is 4.73. The predicted molar refractivity (Wildman–Crippen MR) is 74.2 cm³/mol. The summed E-state index contributed by atoms with van der Waals surface area (Å²) in [4.78, 5) is 13.4. The molecule has 0 saturated heterocycles. The van der Waals surface area contributed by atoms with Crippen molar-refractivity contribution in [3.8, 4) is 0 Å². The van der Waals surface area contributed by atoms with E-state index in [2.05, 4.69) is 10.2 Å². The molecule has 2 N–H and O–H groups in total. The Labute approximate surface area is 109 Å². The van der Waals surface area contributed by atoms with Crippen LogP contribution < -0.4 is 10.2 Å². The molecular weight excluding hydrogens is 228 g/mol. The van der Waals surface area contributed by atoms with Crippen LogP contribution >= 0.6 is 0 Å². The highest BCUT2D eigenvalue weighted by Gasteiger charge is 2.33. The van der Waals surface area contributed by atoms with Gasteiger partial charge in [-0.25, -0.2) is 0 Å². The number of hydrogen-bond acceptors (Lipinski definition) is 3. The fourth-order valence-electron chi connectivity index (χ4n) is 1.92. The van der Waals surface area contributed by atoms with Crippen LogP contribution in [0.3, 0.4) is 0 Å². The summed E-state index contributed by atoms with van der Waals surface area (Å²) in [7, 11) is 1.68. The molecule has 0 aliphatic carbocycles. The molecule has 1 unspecified atom stereocenters. The predicted octanol–water partition coefficient (Wildman–Crippen LogP) is 1.88. The van der Waals surface area contributed by atoms with Gasteiger partial charge in [0.2, 0.25) is 0 Å². The Balaban J connectivity index is 2.99. The van der Waals surface area contributed by atoms with Crippen LogP contribution in [0.25, 0.3) is 0 Å². The molecule has 4 nitrogen and oxygen atoms in total. The molecule has 1 aromatic rings. The molecule has 0 aromatic heterocycles. The lowest BCUT2D eigenvalue weighted by atomic mass is 10.0. The van der Waals surface area contributed by atoms with E-state index in [1.807, 2.05) is 38.1 Å². The lowest BCUT2D eigenvalue weighted by Crippen LogP contribution is -2.55. The minimum atomic E-state index is -0.946. The molecule has 100 valence electrons. The summed E-state index contributed by atoms with van der Waals surface area (Å²) in [6.45, 7) is 6.98. The molecule has 0 spiro atoms. The number of carboxylic acid groups (broad SMARTS) is 1. The third-order valence-electron chi connectivity index (χ3n) is 3.37. The van der Waals surface area contributed by atoms with Crippen molar-refractivity contribution in [2.24, 2.45) is 0 Å². The van der Waals surface area contributed by atoms with E-state index in [1.165, 1.54) is 0 Å². The first-order valence-electron chi connectivity index (χ1n) is 6.17. The third kappa shape index (κ3) is 3.01. The minimum absolute atomic E-state index is 0.431. The Bertz CT molecular complexity index is 420. The summed E-state index contributed by atoms with van der Waals surface area (Å²) in [5, 5.41) is 12.2. The SMILES string of the molecule is CCN(CC(C)(NC)C(=O)O)c1ccccc1C. The molecular formula is C14H22N2O2. The van der Waals surface area contributed by atoms with Gasteiger partial charge < -0.3 is 15.3 Å². The average molecular weight is 250 g/mol. The Morgan fingerprint density at radius 1 is 1.44 bits per heavy atom. The average Bonchev–Trinajstić information content (AvgIpc) is 2.36. The van der Waals surface area contributed by atoms with E-state index in [1.54, 1.807) is 14.0 Å².